The van der Waals surface area contributed by atoms with Gasteiger partial charge in [-0.3, -0.25) is 0 Å². The van der Waals surface area contributed by atoms with Gasteiger partial charge in [-0.2, -0.15) is 4.68 Å². The molecule has 7 heteroatoms. The van der Waals surface area contributed by atoms with E-state index in [0.29, 0.717) is 11.3 Å². The van der Waals surface area contributed by atoms with E-state index in [9.17, 15) is 4.79 Å². The van der Waals surface area contributed by atoms with Gasteiger partial charge in [0.15, 0.2) is 5.65 Å². The molecule has 0 spiro atoms. The largest absolute Gasteiger partial charge is 0.362 e. The molecule has 0 aliphatic rings. The topological polar surface area (TPSA) is 74.3 Å². The van der Waals surface area contributed by atoms with Crippen LogP contribution in [0.4, 0.5) is 0 Å². The third kappa shape index (κ3) is 2.66. The molecule has 0 amide bonds. The molecule has 0 saturated heterocycles. The lowest BCUT2D eigenvalue weighted by Gasteiger charge is -2.01. The van der Waals surface area contributed by atoms with Crippen molar-refractivity contribution in [3.05, 3.63) is 57.9 Å². The lowest BCUT2D eigenvalue weighted by Crippen LogP contribution is -2.30. The van der Waals surface area contributed by atoms with Crippen molar-refractivity contribution in [1.29, 1.82) is 0 Å². The summed E-state index contributed by atoms with van der Waals surface area (Å²) in [7, 11) is 1.49. The van der Waals surface area contributed by atoms with Gasteiger partial charge < -0.3 is 4.74 Å². The van der Waals surface area contributed by atoms with Gasteiger partial charge in [0.25, 0.3) is 0 Å². The van der Waals surface area contributed by atoms with E-state index in [-0.39, 0.29) is 12.4 Å². The zero-order chi connectivity index (χ0) is 15.5. The molecule has 0 aliphatic carbocycles. The van der Waals surface area contributed by atoms with Crippen molar-refractivity contribution in [2.45, 2.75) is 13.7 Å². The Balaban J connectivity index is 1.97. The molecular weight excluding hydrogens is 282 g/mol. The van der Waals surface area contributed by atoms with E-state index in [1.165, 1.54) is 23.4 Å². The molecule has 2 heterocycles. The van der Waals surface area contributed by atoms with Gasteiger partial charge in [0, 0.05) is 7.11 Å². The first-order valence-electron chi connectivity index (χ1n) is 6.73. The zero-order valence-electron chi connectivity index (χ0n) is 12.3. The lowest BCUT2D eigenvalue weighted by atomic mass is 10.1. The molecule has 7 nitrogen and oxygen atoms in total. The van der Waals surface area contributed by atoms with Crippen LogP contribution < -0.4 is 5.69 Å². The minimum absolute atomic E-state index is 0.0501. The highest BCUT2D eigenvalue weighted by Crippen LogP contribution is 2.10. The highest BCUT2D eigenvalue weighted by molar-refractivity contribution is 5.74. The van der Waals surface area contributed by atoms with Crippen LogP contribution in [0.3, 0.4) is 0 Å². The third-order valence-corrected chi connectivity index (χ3v) is 3.21. The number of methoxy groups -OCH3 is 1. The van der Waals surface area contributed by atoms with Gasteiger partial charge in [-0.25, -0.2) is 14.2 Å². The minimum Gasteiger partial charge on any atom is -0.362 e. The molecule has 22 heavy (non-hydrogen) atoms. The fraction of sp³-hybridized carbons (Fsp3) is 0.200. The summed E-state index contributed by atoms with van der Waals surface area (Å²) in [5, 5.41) is 7.86. The van der Waals surface area contributed by atoms with Crippen molar-refractivity contribution in [3.63, 3.8) is 0 Å². The van der Waals surface area contributed by atoms with Crippen LogP contribution >= 0.6 is 0 Å². The number of aryl methyl sites for hydroxylation is 1. The first kappa shape index (κ1) is 14.2. The summed E-state index contributed by atoms with van der Waals surface area (Å²) in [5.74, 6) is 0. The standard InChI is InChI=1S/C15H15N5O2/c1-11-3-5-12(6-4-11)7-8-13-14-17-18-20(10-22-2)15(21)19(14)9-16-13/h3-9H,10H2,1-2H3. The highest BCUT2D eigenvalue weighted by atomic mass is 16.5. The molecule has 3 aromatic rings. The van der Waals surface area contributed by atoms with Crippen molar-refractivity contribution in [3.8, 4) is 0 Å². The van der Waals surface area contributed by atoms with Crippen molar-refractivity contribution in [1.82, 2.24) is 24.4 Å². The van der Waals surface area contributed by atoms with E-state index in [0.717, 1.165) is 10.2 Å². The predicted molar refractivity (Wildman–Crippen MR) is 82.2 cm³/mol. The van der Waals surface area contributed by atoms with Crippen LogP contribution in [0.25, 0.3) is 17.8 Å². The summed E-state index contributed by atoms with van der Waals surface area (Å²) in [6, 6.07) is 8.10. The number of fused-ring (bicyclic) bond motifs is 1. The smallest absolute Gasteiger partial charge is 0.355 e. The summed E-state index contributed by atoms with van der Waals surface area (Å²) in [6.45, 7) is 2.09. The number of nitrogens with zero attached hydrogens (tertiary/aromatic N) is 5. The molecule has 0 saturated carbocycles. The van der Waals surface area contributed by atoms with Crippen molar-refractivity contribution in [2.75, 3.05) is 7.11 Å². The molecule has 0 radical (unpaired) electrons. The van der Waals surface area contributed by atoms with Crippen molar-refractivity contribution < 1.29 is 4.74 Å². The maximum atomic E-state index is 12.1. The maximum Gasteiger partial charge on any atom is 0.355 e. The first-order chi connectivity index (χ1) is 10.7. The lowest BCUT2D eigenvalue weighted by molar-refractivity contribution is 0.111. The van der Waals surface area contributed by atoms with Gasteiger partial charge in [-0.05, 0) is 18.6 Å². The van der Waals surface area contributed by atoms with Crippen molar-refractivity contribution >= 4 is 17.8 Å². The molecule has 0 N–H and O–H groups in total. The van der Waals surface area contributed by atoms with Gasteiger partial charge in [0.05, 0.1) is 0 Å². The van der Waals surface area contributed by atoms with Crippen LogP contribution in [0.2, 0.25) is 0 Å². The Morgan fingerprint density at radius 3 is 2.73 bits per heavy atom. The Morgan fingerprint density at radius 2 is 2.00 bits per heavy atom. The summed E-state index contributed by atoms with van der Waals surface area (Å²) < 4.78 is 7.37. The zero-order valence-corrected chi connectivity index (χ0v) is 12.3. The van der Waals surface area contributed by atoms with E-state index in [1.54, 1.807) is 0 Å². The van der Waals surface area contributed by atoms with Gasteiger partial charge in [-0.1, -0.05) is 41.1 Å². The second-order valence-corrected chi connectivity index (χ2v) is 4.86. The monoisotopic (exact) mass is 297 g/mol. The van der Waals surface area contributed by atoms with Crippen LogP contribution in [0.15, 0.2) is 35.4 Å². The molecule has 0 atom stereocenters. The second-order valence-electron chi connectivity index (χ2n) is 4.86. The first-order valence-corrected chi connectivity index (χ1v) is 6.73. The van der Waals surface area contributed by atoms with E-state index in [2.05, 4.69) is 15.3 Å². The Morgan fingerprint density at radius 1 is 1.23 bits per heavy atom. The quantitative estimate of drug-likeness (QED) is 0.727. The summed E-state index contributed by atoms with van der Waals surface area (Å²) in [4.78, 5) is 16.3. The molecule has 2 aromatic heterocycles. The maximum absolute atomic E-state index is 12.1. The van der Waals surface area contributed by atoms with E-state index < -0.39 is 0 Å². The van der Waals surface area contributed by atoms with E-state index >= 15 is 0 Å². The molecule has 3 rings (SSSR count). The van der Waals surface area contributed by atoms with Crippen LogP contribution in [-0.2, 0) is 11.5 Å². The van der Waals surface area contributed by atoms with Crippen LogP contribution in [0, 0.1) is 6.92 Å². The number of hydrogen-bond acceptors (Lipinski definition) is 5. The SMILES string of the molecule is COCn1nnc2c(C=Cc3ccc(C)cc3)ncn2c1=O. The fourth-order valence-corrected chi connectivity index (χ4v) is 2.03. The predicted octanol–water partition coefficient (Wildman–Crippen LogP) is 1.37. The van der Waals surface area contributed by atoms with E-state index in [4.69, 9.17) is 4.74 Å². The van der Waals surface area contributed by atoms with E-state index in [1.807, 2.05) is 43.3 Å². The molecule has 0 aliphatic heterocycles. The number of hydrogen-bond donors (Lipinski definition) is 0. The Labute approximate surface area is 126 Å². The Kier molecular flexibility index (Phi) is 3.80. The second kappa shape index (κ2) is 5.90. The van der Waals surface area contributed by atoms with Gasteiger partial charge in [0.2, 0.25) is 0 Å². The number of benzene rings is 1. The van der Waals surface area contributed by atoms with Crippen LogP contribution in [-0.4, -0.2) is 31.5 Å². The number of aromatic nitrogens is 5. The van der Waals surface area contributed by atoms with Crippen molar-refractivity contribution in [2.24, 2.45) is 0 Å². The fourth-order valence-electron chi connectivity index (χ4n) is 2.03. The molecule has 0 unspecified atom stereocenters. The normalized spacial score (nSPS) is 11.5. The number of imidazole rings is 1. The van der Waals surface area contributed by atoms with Gasteiger partial charge in [0.1, 0.15) is 18.8 Å². The summed E-state index contributed by atoms with van der Waals surface area (Å²) in [6.07, 6.45) is 5.17. The minimum atomic E-state index is -0.339. The molecule has 0 fully saturated rings. The van der Waals surface area contributed by atoms with Crippen LogP contribution in [0.5, 0.6) is 0 Å². The number of ether oxygens (including phenoxy) is 1. The summed E-state index contributed by atoms with van der Waals surface area (Å²) >= 11 is 0. The third-order valence-electron chi connectivity index (χ3n) is 3.21. The molecule has 0 bridgehead atoms. The number of rotatable bonds is 4. The molecule has 1 aromatic carbocycles. The van der Waals surface area contributed by atoms with Gasteiger partial charge in [-0.15, -0.1) is 5.10 Å². The average Bonchev–Trinajstić information content (AvgIpc) is 2.94. The molecular formula is C15H15N5O2. The average molecular weight is 297 g/mol. The Bertz CT molecular complexity index is 877. The van der Waals surface area contributed by atoms with Crippen LogP contribution in [0.1, 0.15) is 16.8 Å². The molecule has 112 valence electrons. The highest BCUT2D eigenvalue weighted by Gasteiger charge is 2.09. The van der Waals surface area contributed by atoms with Gasteiger partial charge >= 0.3 is 5.69 Å². The summed E-state index contributed by atoms with van der Waals surface area (Å²) in [5.41, 5.74) is 2.92. The Hall–Kier alpha value is -2.80.